The van der Waals surface area contributed by atoms with E-state index in [-0.39, 0.29) is 0 Å². The van der Waals surface area contributed by atoms with E-state index >= 15 is 0 Å². The van der Waals surface area contributed by atoms with Crippen molar-refractivity contribution in [1.82, 2.24) is 4.90 Å². The maximum atomic E-state index is 5.36. The van der Waals surface area contributed by atoms with Crippen LogP contribution in [0.25, 0.3) is 0 Å². The summed E-state index contributed by atoms with van der Waals surface area (Å²) in [6.45, 7) is 5.05. The van der Waals surface area contributed by atoms with E-state index in [1.165, 1.54) is 9.35 Å². The van der Waals surface area contributed by atoms with Crippen molar-refractivity contribution in [3.05, 3.63) is 45.0 Å². The van der Waals surface area contributed by atoms with Crippen molar-refractivity contribution in [2.75, 3.05) is 6.54 Å². The van der Waals surface area contributed by atoms with E-state index in [1.807, 2.05) is 12.1 Å². The third-order valence-electron chi connectivity index (χ3n) is 2.41. The fraction of sp³-hybridized carbons (Fsp3) is 0.333. The van der Waals surface area contributed by atoms with E-state index in [0.717, 1.165) is 25.4 Å². The first-order chi connectivity index (χ1) is 7.78. The maximum absolute atomic E-state index is 5.36. The Kier molecular flexibility index (Phi) is 4.21. The van der Waals surface area contributed by atoms with Crippen LogP contribution < -0.4 is 0 Å². The predicted molar refractivity (Wildman–Crippen MR) is 70.5 cm³/mol. The monoisotopic (exact) mass is 299 g/mol. The van der Waals surface area contributed by atoms with Crippen LogP contribution in [-0.2, 0) is 13.1 Å². The molecule has 2 aromatic heterocycles. The fourth-order valence-electron chi connectivity index (χ4n) is 1.56. The Morgan fingerprint density at radius 2 is 2.31 bits per heavy atom. The van der Waals surface area contributed by atoms with Crippen LogP contribution in [0.1, 0.15) is 17.6 Å². The average molecular weight is 300 g/mol. The Labute approximate surface area is 108 Å². The molecule has 2 rings (SSSR count). The Hall–Kier alpha value is -0.580. The summed E-state index contributed by atoms with van der Waals surface area (Å²) in [4.78, 5) is 3.73. The third kappa shape index (κ3) is 3.20. The van der Waals surface area contributed by atoms with E-state index in [0.29, 0.717) is 0 Å². The van der Waals surface area contributed by atoms with Gasteiger partial charge in [-0.1, -0.05) is 6.92 Å². The lowest BCUT2D eigenvalue weighted by atomic mass is 10.3. The highest BCUT2D eigenvalue weighted by molar-refractivity contribution is 9.10. The Balaban J connectivity index is 1.95. The first-order valence-electron chi connectivity index (χ1n) is 5.25. The number of thiophene rings is 1. The van der Waals surface area contributed by atoms with Gasteiger partial charge in [0.2, 0.25) is 0 Å². The van der Waals surface area contributed by atoms with Gasteiger partial charge in [-0.15, -0.1) is 11.3 Å². The van der Waals surface area contributed by atoms with Crippen molar-refractivity contribution in [3.8, 4) is 0 Å². The molecule has 0 unspecified atom stereocenters. The minimum atomic E-state index is 0.874. The summed E-state index contributed by atoms with van der Waals surface area (Å²) >= 11 is 5.26. The van der Waals surface area contributed by atoms with Gasteiger partial charge < -0.3 is 4.42 Å². The summed E-state index contributed by atoms with van der Waals surface area (Å²) in [5.41, 5.74) is 0. The molecule has 0 saturated heterocycles. The van der Waals surface area contributed by atoms with Gasteiger partial charge in [-0.2, -0.15) is 0 Å². The van der Waals surface area contributed by atoms with Gasteiger partial charge in [-0.05, 0) is 40.7 Å². The molecule has 0 spiro atoms. The summed E-state index contributed by atoms with van der Waals surface area (Å²) in [7, 11) is 0. The summed E-state index contributed by atoms with van der Waals surface area (Å²) in [5.74, 6) is 1.03. The molecule has 0 aliphatic rings. The second-order valence-corrected chi connectivity index (χ2v) is 5.53. The molecule has 86 valence electrons. The van der Waals surface area contributed by atoms with Crippen molar-refractivity contribution in [2.45, 2.75) is 20.0 Å². The first kappa shape index (κ1) is 11.9. The minimum Gasteiger partial charge on any atom is -0.468 e. The second-order valence-electron chi connectivity index (χ2n) is 3.61. The normalized spacial score (nSPS) is 11.2. The number of hydrogen-bond acceptors (Lipinski definition) is 3. The number of furan rings is 1. The van der Waals surface area contributed by atoms with Crippen molar-refractivity contribution in [3.63, 3.8) is 0 Å². The van der Waals surface area contributed by atoms with Crippen molar-refractivity contribution in [2.24, 2.45) is 0 Å². The van der Waals surface area contributed by atoms with Crippen LogP contribution in [0.15, 0.2) is 38.7 Å². The van der Waals surface area contributed by atoms with Crippen molar-refractivity contribution < 1.29 is 4.42 Å². The topological polar surface area (TPSA) is 16.4 Å². The highest BCUT2D eigenvalue weighted by Crippen LogP contribution is 2.21. The minimum absolute atomic E-state index is 0.874. The average Bonchev–Trinajstić information content (AvgIpc) is 2.89. The molecule has 0 radical (unpaired) electrons. The van der Waals surface area contributed by atoms with E-state index in [2.05, 4.69) is 39.2 Å². The molecule has 0 aliphatic carbocycles. The van der Waals surface area contributed by atoms with Crippen molar-refractivity contribution >= 4 is 27.3 Å². The molecule has 2 nitrogen and oxygen atoms in total. The van der Waals surface area contributed by atoms with Gasteiger partial charge in [-0.3, -0.25) is 4.90 Å². The Morgan fingerprint density at radius 3 is 2.88 bits per heavy atom. The molecule has 16 heavy (non-hydrogen) atoms. The number of hydrogen-bond donors (Lipinski definition) is 0. The summed E-state index contributed by atoms with van der Waals surface area (Å²) < 4.78 is 6.53. The molecule has 0 atom stereocenters. The van der Waals surface area contributed by atoms with Gasteiger partial charge in [0.25, 0.3) is 0 Å². The largest absolute Gasteiger partial charge is 0.468 e. The highest BCUT2D eigenvalue weighted by Gasteiger charge is 2.07. The van der Waals surface area contributed by atoms with Crippen LogP contribution in [0, 0.1) is 0 Å². The maximum Gasteiger partial charge on any atom is 0.117 e. The molecule has 0 amide bonds. The molecule has 2 aromatic rings. The van der Waals surface area contributed by atoms with Crippen LogP contribution in [-0.4, -0.2) is 11.4 Å². The van der Waals surface area contributed by atoms with Crippen LogP contribution in [0.2, 0.25) is 0 Å². The van der Waals surface area contributed by atoms with Crippen LogP contribution in [0.3, 0.4) is 0 Å². The van der Waals surface area contributed by atoms with E-state index in [1.54, 1.807) is 17.6 Å². The fourth-order valence-corrected chi connectivity index (χ4v) is 3.05. The molecule has 0 fully saturated rings. The van der Waals surface area contributed by atoms with E-state index in [9.17, 15) is 0 Å². The van der Waals surface area contributed by atoms with Crippen molar-refractivity contribution in [1.29, 1.82) is 0 Å². The van der Waals surface area contributed by atoms with Gasteiger partial charge in [0.05, 0.1) is 12.8 Å². The quantitative estimate of drug-likeness (QED) is 0.825. The number of halogens is 1. The molecule has 0 aromatic carbocycles. The second kappa shape index (κ2) is 5.66. The molecule has 0 saturated carbocycles. The van der Waals surface area contributed by atoms with Crippen LogP contribution in [0.4, 0.5) is 0 Å². The summed E-state index contributed by atoms with van der Waals surface area (Å²) in [6, 6.07) is 6.13. The van der Waals surface area contributed by atoms with Gasteiger partial charge in [0.1, 0.15) is 5.76 Å². The number of rotatable bonds is 5. The zero-order chi connectivity index (χ0) is 11.4. The standard InChI is InChI=1S/C12H14BrNOS/c1-2-14(7-11-4-3-5-15-11)8-12-6-10(13)9-16-12/h3-6,9H,2,7-8H2,1H3. The molecule has 0 N–H and O–H groups in total. The summed E-state index contributed by atoms with van der Waals surface area (Å²) in [5, 5.41) is 2.12. The smallest absolute Gasteiger partial charge is 0.117 e. The first-order valence-corrected chi connectivity index (χ1v) is 6.93. The lowest BCUT2D eigenvalue weighted by Gasteiger charge is -2.17. The Morgan fingerprint density at radius 1 is 1.44 bits per heavy atom. The van der Waals surface area contributed by atoms with Crippen LogP contribution >= 0.6 is 27.3 Å². The third-order valence-corrected chi connectivity index (χ3v) is 4.09. The number of nitrogens with zero attached hydrogens (tertiary/aromatic N) is 1. The van der Waals surface area contributed by atoms with E-state index < -0.39 is 0 Å². The lowest BCUT2D eigenvalue weighted by molar-refractivity contribution is 0.250. The zero-order valence-corrected chi connectivity index (χ0v) is 11.6. The van der Waals surface area contributed by atoms with Crippen LogP contribution in [0.5, 0.6) is 0 Å². The van der Waals surface area contributed by atoms with Gasteiger partial charge >= 0.3 is 0 Å². The lowest BCUT2D eigenvalue weighted by Crippen LogP contribution is -2.21. The Bertz CT molecular complexity index is 424. The predicted octanol–water partition coefficient (Wildman–Crippen LogP) is 4.13. The molecule has 4 heteroatoms. The molecule has 2 heterocycles. The summed E-state index contributed by atoms with van der Waals surface area (Å²) in [6.07, 6.45) is 1.73. The highest BCUT2D eigenvalue weighted by atomic mass is 79.9. The van der Waals surface area contributed by atoms with Gasteiger partial charge in [-0.25, -0.2) is 0 Å². The SMILES string of the molecule is CCN(Cc1ccco1)Cc1cc(Br)cs1. The molecular weight excluding hydrogens is 286 g/mol. The molecular formula is C12H14BrNOS. The van der Waals surface area contributed by atoms with Gasteiger partial charge in [0, 0.05) is 21.3 Å². The molecule has 0 bridgehead atoms. The molecule has 0 aliphatic heterocycles. The van der Waals surface area contributed by atoms with E-state index in [4.69, 9.17) is 4.42 Å². The van der Waals surface area contributed by atoms with Gasteiger partial charge in [0.15, 0.2) is 0 Å². The zero-order valence-electron chi connectivity index (χ0n) is 9.15.